The molecule has 0 fully saturated rings. The van der Waals surface area contributed by atoms with Gasteiger partial charge in [-0.05, 0) is 35.9 Å². The number of hydrogen-bond donors (Lipinski definition) is 1. The van der Waals surface area contributed by atoms with Gasteiger partial charge < -0.3 is 10.2 Å². The van der Waals surface area contributed by atoms with Crippen LogP contribution in [0.3, 0.4) is 0 Å². The second-order valence-electron chi connectivity index (χ2n) is 6.76. The van der Waals surface area contributed by atoms with Crippen molar-refractivity contribution in [3.63, 3.8) is 0 Å². The molecule has 0 aliphatic carbocycles. The highest BCUT2D eigenvalue weighted by atomic mass is 19.4. The minimum atomic E-state index is -4.69. The van der Waals surface area contributed by atoms with E-state index in [0.29, 0.717) is 11.6 Å². The van der Waals surface area contributed by atoms with E-state index in [1.54, 1.807) is 26.0 Å². The number of nitrogens with one attached hydrogen (secondary N) is 1. The monoisotopic (exact) mass is 411 g/mol. The number of hydrogen-bond acceptors (Lipinski definition) is 3. The molecule has 0 unspecified atom stereocenters. The first kappa shape index (κ1) is 22.3. The van der Waals surface area contributed by atoms with Crippen LogP contribution in [0.5, 0.6) is 0 Å². The molecule has 0 spiro atoms. The van der Waals surface area contributed by atoms with Crippen LogP contribution in [0, 0.1) is 11.7 Å². The smallest absolute Gasteiger partial charge is 0.350 e. The first-order valence-corrected chi connectivity index (χ1v) is 8.91. The summed E-state index contributed by atoms with van der Waals surface area (Å²) in [5, 5.41) is 2.63. The average Bonchev–Trinajstić information content (AvgIpc) is 2.66. The predicted octanol–water partition coefficient (Wildman–Crippen LogP) is 3.65. The second kappa shape index (κ2) is 9.49. The van der Waals surface area contributed by atoms with E-state index in [0.717, 1.165) is 12.1 Å². The molecule has 2 aromatic rings. The Balaban J connectivity index is 2.10. The topological polar surface area (TPSA) is 62.3 Å². The zero-order valence-corrected chi connectivity index (χ0v) is 16.0. The fraction of sp³-hybridized carbons (Fsp3) is 0.350. The number of benzene rings is 1. The highest BCUT2D eigenvalue weighted by Crippen LogP contribution is 2.30. The van der Waals surface area contributed by atoms with Crippen LogP contribution in [0.1, 0.15) is 35.3 Å². The standard InChI is InChI=1S/C20H21F4N3O2/c1-13(2)19(29)27(7-6-26-18(28)15-4-3-5-25-11-15)12-14-8-16(20(22,23)24)10-17(21)9-14/h3-5,8-11,13H,6-7,12H2,1-2H3,(H,26,28). The molecule has 0 saturated heterocycles. The number of carbonyl (C=O) groups excluding carboxylic acids is 2. The molecule has 156 valence electrons. The van der Waals surface area contributed by atoms with E-state index in [2.05, 4.69) is 10.3 Å². The van der Waals surface area contributed by atoms with Crippen molar-refractivity contribution in [3.8, 4) is 0 Å². The van der Waals surface area contributed by atoms with Crippen molar-refractivity contribution in [2.75, 3.05) is 13.1 Å². The van der Waals surface area contributed by atoms with Gasteiger partial charge in [0.15, 0.2) is 0 Å². The zero-order valence-electron chi connectivity index (χ0n) is 16.0. The number of rotatable bonds is 7. The zero-order chi connectivity index (χ0) is 21.6. The molecule has 0 aliphatic heterocycles. The third-order valence-electron chi connectivity index (χ3n) is 4.05. The van der Waals surface area contributed by atoms with E-state index in [1.165, 1.54) is 17.3 Å². The molecule has 2 amide bonds. The van der Waals surface area contributed by atoms with E-state index < -0.39 is 23.5 Å². The fourth-order valence-corrected chi connectivity index (χ4v) is 2.66. The van der Waals surface area contributed by atoms with E-state index >= 15 is 0 Å². The Morgan fingerprint density at radius 1 is 1.21 bits per heavy atom. The van der Waals surface area contributed by atoms with Gasteiger partial charge in [0.05, 0.1) is 11.1 Å². The lowest BCUT2D eigenvalue weighted by Gasteiger charge is -2.25. The minimum Gasteiger partial charge on any atom is -0.350 e. The first-order chi connectivity index (χ1) is 13.6. The summed E-state index contributed by atoms with van der Waals surface area (Å²) < 4.78 is 52.4. The van der Waals surface area contributed by atoms with Crippen LogP contribution in [0.15, 0.2) is 42.7 Å². The van der Waals surface area contributed by atoms with Crippen molar-refractivity contribution in [2.24, 2.45) is 5.92 Å². The molecule has 1 aromatic heterocycles. The summed E-state index contributed by atoms with van der Waals surface area (Å²) in [7, 11) is 0. The Morgan fingerprint density at radius 2 is 1.93 bits per heavy atom. The molecule has 29 heavy (non-hydrogen) atoms. The summed E-state index contributed by atoms with van der Waals surface area (Å²) in [5.74, 6) is -2.16. The van der Waals surface area contributed by atoms with E-state index in [4.69, 9.17) is 0 Å². The van der Waals surface area contributed by atoms with Gasteiger partial charge in [-0.1, -0.05) is 13.8 Å². The summed E-state index contributed by atoms with van der Waals surface area (Å²) in [6, 6.07) is 5.37. The molecule has 0 atom stereocenters. The van der Waals surface area contributed by atoms with Gasteiger partial charge in [-0.25, -0.2) is 4.39 Å². The van der Waals surface area contributed by atoms with E-state index in [9.17, 15) is 27.2 Å². The Kier molecular flexibility index (Phi) is 7.30. The predicted molar refractivity (Wildman–Crippen MR) is 98.2 cm³/mol. The molecule has 0 radical (unpaired) electrons. The maximum absolute atomic E-state index is 13.6. The van der Waals surface area contributed by atoms with Gasteiger partial charge in [0, 0.05) is 37.9 Å². The van der Waals surface area contributed by atoms with Crippen LogP contribution >= 0.6 is 0 Å². The number of halogens is 4. The molecule has 9 heteroatoms. The quantitative estimate of drug-likeness (QED) is 0.708. The van der Waals surface area contributed by atoms with Crippen molar-refractivity contribution < 1.29 is 27.2 Å². The van der Waals surface area contributed by atoms with Gasteiger partial charge in [0.25, 0.3) is 5.91 Å². The van der Waals surface area contributed by atoms with Crippen LogP contribution in [0.25, 0.3) is 0 Å². The number of alkyl halides is 3. The maximum Gasteiger partial charge on any atom is 0.416 e. The molecule has 0 aliphatic rings. The van der Waals surface area contributed by atoms with Crippen molar-refractivity contribution in [1.82, 2.24) is 15.2 Å². The van der Waals surface area contributed by atoms with Crippen LogP contribution in [0.2, 0.25) is 0 Å². The summed E-state index contributed by atoms with van der Waals surface area (Å²) in [6.45, 7) is 3.22. The van der Waals surface area contributed by atoms with Gasteiger partial charge in [-0.2, -0.15) is 13.2 Å². The van der Waals surface area contributed by atoms with Crippen LogP contribution in [0.4, 0.5) is 17.6 Å². The SMILES string of the molecule is CC(C)C(=O)N(CCNC(=O)c1cccnc1)Cc1cc(F)cc(C(F)(F)F)c1. The third kappa shape index (κ3) is 6.55. The van der Waals surface area contributed by atoms with Gasteiger partial charge in [-0.3, -0.25) is 14.6 Å². The molecule has 0 bridgehead atoms. The minimum absolute atomic E-state index is 0.0184. The fourth-order valence-electron chi connectivity index (χ4n) is 2.66. The Bertz CT molecular complexity index is 855. The van der Waals surface area contributed by atoms with Crippen LogP contribution in [-0.4, -0.2) is 34.8 Å². The van der Waals surface area contributed by atoms with Crippen molar-refractivity contribution >= 4 is 11.8 Å². The Hall–Kier alpha value is -2.97. The largest absolute Gasteiger partial charge is 0.416 e. The Labute approximate surface area is 165 Å². The number of carbonyl (C=O) groups is 2. The maximum atomic E-state index is 13.6. The van der Waals surface area contributed by atoms with Gasteiger partial charge >= 0.3 is 6.18 Å². The van der Waals surface area contributed by atoms with Crippen LogP contribution in [-0.2, 0) is 17.5 Å². The van der Waals surface area contributed by atoms with Crippen molar-refractivity contribution in [1.29, 1.82) is 0 Å². The Morgan fingerprint density at radius 3 is 2.52 bits per heavy atom. The number of aromatic nitrogens is 1. The summed E-state index contributed by atoms with van der Waals surface area (Å²) in [4.78, 5) is 29.6. The highest BCUT2D eigenvalue weighted by molar-refractivity contribution is 5.93. The first-order valence-electron chi connectivity index (χ1n) is 8.91. The lowest BCUT2D eigenvalue weighted by atomic mass is 10.1. The average molecular weight is 411 g/mol. The number of nitrogens with zero attached hydrogens (tertiary/aromatic N) is 2. The molecular weight excluding hydrogens is 390 g/mol. The van der Waals surface area contributed by atoms with Gasteiger partial charge in [0.2, 0.25) is 5.91 Å². The molecule has 0 saturated carbocycles. The third-order valence-corrected chi connectivity index (χ3v) is 4.05. The lowest BCUT2D eigenvalue weighted by molar-refractivity contribution is -0.137. The van der Waals surface area contributed by atoms with E-state index in [1.807, 2.05) is 0 Å². The van der Waals surface area contributed by atoms with Gasteiger partial charge in [0.1, 0.15) is 5.82 Å². The van der Waals surface area contributed by atoms with Crippen LogP contribution < -0.4 is 5.32 Å². The summed E-state index contributed by atoms with van der Waals surface area (Å²) in [6.07, 6.45) is -1.78. The molecule has 1 aromatic carbocycles. The molecular formula is C20H21F4N3O2. The number of amides is 2. The lowest BCUT2D eigenvalue weighted by Crippen LogP contribution is -2.40. The van der Waals surface area contributed by atoms with Crippen molar-refractivity contribution in [3.05, 3.63) is 65.2 Å². The van der Waals surface area contributed by atoms with Crippen molar-refractivity contribution in [2.45, 2.75) is 26.6 Å². The molecule has 1 N–H and O–H groups in total. The molecule has 1 heterocycles. The summed E-state index contributed by atoms with van der Waals surface area (Å²) in [5.41, 5.74) is -0.756. The van der Waals surface area contributed by atoms with Gasteiger partial charge in [-0.15, -0.1) is 0 Å². The second-order valence-corrected chi connectivity index (χ2v) is 6.76. The highest BCUT2D eigenvalue weighted by Gasteiger charge is 2.31. The number of pyridine rings is 1. The van der Waals surface area contributed by atoms with E-state index in [-0.39, 0.29) is 37.0 Å². The molecule has 2 rings (SSSR count). The normalized spacial score (nSPS) is 11.4. The summed E-state index contributed by atoms with van der Waals surface area (Å²) >= 11 is 0. The molecule has 5 nitrogen and oxygen atoms in total.